The van der Waals surface area contributed by atoms with E-state index in [0.29, 0.717) is 0 Å². The lowest BCUT2D eigenvalue weighted by Gasteiger charge is -2.14. The van der Waals surface area contributed by atoms with Crippen molar-refractivity contribution in [1.82, 2.24) is 5.32 Å². The third-order valence-corrected chi connectivity index (χ3v) is 1.89. The van der Waals surface area contributed by atoms with Gasteiger partial charge in [-0.3, -0.25) is 0 Å². The number of hydrogen-bond donors (Lipinski definition) is 2. The number of carbonyl (C=O) groups is 1. The molecular formula is C9H14N2O. The van der Waals surface area contributed by atoms with Crippen LogP contribution >= 0.6 is 0 Å². The second-order valence-corrected chi connectivity index (χ2v) is 2.77. The molecule has 0 aromatic heterocycles. The Balaban J connectivity index is 2.67. The van der Waals surface area contributed by atoms with E-state index in [1.54, 1.807) is 0 Å². The van der Waals surface area contributed by atoms with Gasteiger partial charge in [0.15, 0.2) is 0 Å². The number of carbonyl (C=O) groups excluding carboxylic acids is 1. The van der Waals surface area contributed by atoms with E-state index in [4.69, 9.17) is 5.73 Å². The molecule has 0 unspecified atom stereocenters. The van der Waals surface area contributed by atoms with Gasteiger partial charge in [-0.25, -0.2) is 4.79 Å². The van der Waals surface area contributed by atoms with Gasteiger partial charge in [0.1, 0.15) is 0 Å². The minimum atomic E-state index is -0.484. The molecule has 1 aliphatic rings. The second kappa shape index (κ2) is 3.95. The molecule has 0 saturated carbocycles. The van der Waals surface area contributed by atoms with E-state index < -0.39 is 6.03 Å². The molecule has 3 nitrogen and oxygen atoms in total. The van der Waals surface area contributed by atoms with Crippen LogP contribution in [0.5, 0.6) is 0 Å². The highest BCUT2D eigenvalue weighted by atomic mass is 16.2. The van der Waals surface area contributed by atoms with Gasteiger partial charge in [-0.05, 0) is 24.8 Å². The predicted octanol–water partition coefficient (Wildman–Crippen LogP) is 1.67. The zero-order valence-electron chi connectivity index (χ0n) is 7.26. The molecule has 12 heavy (non-hydrogen) atoms. The molecule has 0 spiro atoms. The van der Waals surface area contributed by atoms with E-state index >= 15 is 0 Å². The summed E-state index contributed by atoms with van der Waals surface area (Å²) in [5.74, 6) is 0. The van der Waals surface area contributed by atoms with Gasteiger partial charge in [0.25, 0.3) is 0 Å². The van der Waals surface area contributed by atoms with Crippen molar-refractivity contribution < 1.29 is 4.79 Å². The average molecular weight is 166 g/mol. The highest BCUT2D eigenvalue weighted by Crippen LogP contribution is 2.18. The van der Waals surface area contributed by atoms with E-state index in [0.717, 1.165) is 25.0 Å². The summed E-state index contributed by atoms with van der Waals surface area (Å²) >= 11 is 0. The van der Waals surface area contributed by atoms with E-state index in [9.17, 15) is 4.79 Å². The normalized spacial score (nSPS) is 16.4. The molecular weight excluding hydrogens is 152 g/mol. The maximum atomic E-state index is 10.6. The van der Waals surface area contributed by atoms with E-state index in [2.05, 4.69) is 18.3 Å². The zero-order valence-corrected chi connectivity index (χ0v) is 7.26. The molecule has 3 N–H and O–H groups in total. The third kappa shape index (κ3) is 2.12. The number of hydrogen-bond acceptors (Lipinski definition) is 1. The fourth-order valence-corrected chi connectivity index (χ4v) is 1.33. The van der Waals surface area contributed by atoms with Gasteiger partial charge in [-0.2, -0.15) is 0 Å². The third-order valence-electron chi connectivity index (χ3n) is 1.89. The quantitative estimate of drug-likeness (QED) is 0.644. The van der Waals surface area contributed by atoms with Crippen molar-refractivity contribution in [3.63, 3.8) is 0 Å². The first-order valence-electron chi connectivity index (χ1n) is 4.20. The molecule has 66 valence electrons. The van der Waals surface area contributed by atoms with Crippen LogP contribution in [0.2, 0.25) is 0 Å². The summed E-state index contributed by atoms with van der Waals surface area (Å²) in [6, 6.07) is -0.484. The van der Waals surface area contributed by atoms with Gasteiger partial charge >= 0.3 is 6.03 Å². The molecule has 2 amide bonds. The molecule has 3 heteroatoms. The Bertz CT molecular complexity index is 241. The maximum absolute atomic E-state index is 10.6. The molecule has 1 rings (SSSR count). The molecule has 0 atom stereocenters. The highest BCUT2D eigenvalue weighted by molar-refractivity contribution is 5.74. The molecule has 0 aromatic rings. The average Bonchev–Trinajstić information content (AvgIpc) is 2.04. The molecule has 0 radical (unpaired) electrons. The Kier molecular flexibility index (Phi) is 2.91. The van der Waals surface area contributed by atoms with Gasteiger partial charge < -0.3 is 11.1 Å². The number of allylic oxidation sites excluding steroid dienone is 3. The molecule has 0 saturated heterocycles. The van der Waals surface area contributed by atoms with E-state index in [1.807, 2.05) is 6.08 Å². The lowest BCUT2D eigenvalue weighted by molar-refractivity contribution is 0.251. The molecule has 0 heterocycles. The van der Waals surface area contributed by atoms with Crippen LogP contribution in [0.15, 0.2) is 23.4 Å². The fourth-order valence-electron chi connectivity index (χ4n) is 1.33. The van der Waals surface area contributed by atoms with E-state index in [1.165, 1.54) is 5.57 Å². The first-order valence-corrected chi connectivity index (χ1v) is 4.20. The second-order valence-electron chi connectivity index (χ2n) is 2.77. The number of urea groups is 1. The number of nitrogens with one attached hydrogen (secondary N) is 1. The molecule has 1 aliphatic carbocycles. The van der Waals surface area contributed by atoms with Crippen LogP contribution in [-0.2, 0) is 0 Å². The van der Waals surface area contributed by atoms with Crippen molar-refractivity contribution in [2.75, 3.05) is 0 Å². The largest absolute Gasteiger partial charge is 0.351 e. The smallest absolute Gasteiger partial charge is 0.316 e. The Labute approximate surface area is 72.3 Å². The monoisotopic (exact) mass is 166 g/mol. The standard InChI is InChI=1S/C9H14N2O/c1-2-7-5-3-4-6-8(7)11-9(10)12/h5-6H,2-4H2,1H3,(H3,10,11,12). The summed E-state index contributed by atoms with van der Waals surface area (Å²) < 4.78 is 0. The number of nitrogens with two attached hydrogens (primary N) is 1. The lowest BCUT2D eigenvalue weighted by Crippen LogP contribution is -2.29. The summed E-state index contributed by atoms with van der Waals surface area (Å²) in [6.07, 6.45) is 7.15. The van der Waals surface area contributed by atoms with Crippen LogP contribution in [0.25, 0.3) is 0 Å². The van der Waals surface area contributed by atoms with Crippen LogP contribution < -0.4 is 11.1 Å². The van der Waals surface area contributed by atoms with Crippen molar-refractivity contribution >= 4 is 6.03 Å². The zero-order chi connectivity index (χ0) is 8.97. The number of amides is 2. The van der Waals surface area contributed by atoms with Crippen molar-refractivity contribution in [3.8, 4) is 0 Å². The maximum Gasteiger partial charge on any atom is 0.316 e. The van der Waals surface area contributed by atoms with Gasteiger partial charge in [0.05, 0.1) is 0 Å². The van der Waals surface area contributed by atoms with Gasteiger partial charge in [0, 0.05) is 5.70 Å². The molecule has 0 aliphatic heterocycles. The summed E-state index contributed by atoms with van der Waals surface area (Å²) in [7, 11) is 0. The van der Waals surface area contributed by atoms with Gasteiger partial charge in [-0.1, -0.05) is 19.1 Å². The Morgan fingerprint density at radius 2 is 2.25 bits per heavy atom. The van der Waals surface area contributed by atoms with Crippen LogP contribution in [-0.4, -0.2) is 6.03 Å². The number of primary amides is 1. The number of rotatable bonds is 2. The Morgan fingerprint density at radius 3 is 2.83 bits per heavy atom. The van der Waals surface area contributed by atoms with E-state index in [-0.39, 0.29) is 0 Å². The molecule has 0 fully saturated rings. The predicted molar refractivity (Wildman–Crippen MR) is 48.4 cm³/mol. The summed E-state index contributed by atoms with van der Waals surface area (Å²) in [6.45, 7) is 2.06. The van der Waals surface area contributed by atoms with Crippen molar-refractivity contribution in [1.29, 1.82) is 0 Å². The van der Waals surface area contributed by atoms with Crippen LogP contribution in [0.3, 0.4) is 0 Å². The minimum absolute atomic E-state index is 0.484. The fraction of sp³-hybridized carbons (Fsp3) is 0.444. The summed E-state index contributed by atoms with van der Waals surface area (Å²) in [4.78, 5) is 10.6. The van der Waals surface area contributed by atoms with Crippen LogP contribution in [0, 0.1) is 0 Å². The topological polar surface area (TPSA) is 55.1 Å². The van der Waals surface area contributed by atoms with Crippen LogP contribution in [0.1, 0.15) is 26.2 Å². The first-order chi connectivity index (χ1) is 5.74. The van der Waals surface area contributed by atoms with Crippen molar-refractivity contribution in [2.24, 2.45) is 5.73 Å². The Morgan fingerprint density at radius 1 is 1.58 bits per heavy atom. The Hall–Kier alpha value is -1.25. The lowest BCUT2D eigenvalue weighted by atomic mass is 10.0. The summed E-state index contributed by atoms with van der Waals surface area (Å²) in [5.41, 5.74) is 7.09. The minimum Gasteiger partial charge on any atom is -0.351 e. The highest BCUT2D eigenvalue weighted by Gasteiger charge is 2.07. The first kappa shape index (κ1) is 8.84. The van der Waals surface area contributed by atoms with Crippen molar-refractivity contribution in [3.05, 3.63) is 23.4 Å². The van der Waals surface area contributed by atoms with Crippen molar-refractivity contribution in [2.45, 2.75) is 26.2 Å². The molecule has 0 aromatic carbocycles. The molecule has 0 bridgehead atoms. The summed E-state index contributed by atoms with van der Waals surface area (Å²) in [5, 5.41) is 2.61. The van der Waals surface area contributed by atoms with Crippen LogP contribution in [0.4, 0.5) is 4.79 Å². The SMILES string of the molecule is CCC1=CCCC=C1NC(N)=O. The van der Waals surface area contributed by atoms with Gasteiger partial charge in [0.2, 0.25) is 0 Å². The van der Waals surface area contributed by atoms with Gasteiger partial charge in [-0.15, -0.1) is 0 Å².